The summed E-state index contributed by atoms with van der Waals surface area (Å²) in [5.74, 6) is 0.556. The van der Waals surface area contributed by atoms with Gasteiger partial charge in [-0.15, -0.1) is 0 Å². The summed E-state index contributed by atoms with van der Waals surface area (Å²) in [4.78, 5) is 12.1. The average molecular weight is 319 g/mol. The number of hydrogen-bond acceptors (Lipinski definition) is 3. The molecular weight excluding hydrogens is 308 g/mol. The fraction of sp³-hybridized carbons (Fsp3) is 0.133. The minimum Gasteiger partial charge on any atom is -0.493 e. The van der Waals surface area contributed by atoms with Crippen molar-refractivity contribution in [1.29, 1.82) is 0 Å². The number of hydrogen-bond donors (Lipinski definition) is 0. The molecule has 0 unspecified atom stereocenters. The molecular formula is C15H11BrO3. The Morgan fingerprint density at radius 1 is 1.16 bits per heavy atom. The first-order chi connectivity index (χ1) is 9.13. The number of halogens is 1. The second-order valence-corrected chi connectivity index (χ2v) is 5.20. The summed E-state index contributed by atoms with van der Waals surface area (Å²) < 4.78 is 11.6. The molecule has 3 rings (SSSR count). The maximum absolute atomic E-state index is 12.1. The van der Waals surface area contributed by atoms with E-state index in [0.717, 1.165) is 20.8 Å². The fourth-order valence-corrected chi connectivity index (χ4v) is 2.86. The van der Waals surface area contributed by atoms with Crippen LogP contribution < -0.4 is 10.4 Å². The topological polar surface area (TPSA) is 39.4 Å². The molecule has 4 heteroatoms. The molecule has 0 atom stereocenters. The predicted molar refractivity (Wildman–Crippen MR) is 79.0 cm³/mol. The lowest BCUT2D eigenvalue weighted by atomic mass is 10.0. The lowest BCUT2D eigenvalue weighted by molar-refractivity contribution is 0.407. The summed E-state index contributed by atoms with van der Waals surface area (Å²) in [6.45, 7) is 1.98. The third-order valence-corrected chi connectivity index (χ3v) is 3.89. The summed E-state index contributed by atoms with van der Waals surface area (Å²) in [6.07, 6.45) is 0. The molecule has 0 aliphatic heterocycles. The van der Waals surface area contributed by atoms with Crippen LogP contribution in [0.1, 0.15) is 5.56 Å². The van der Waals surface area contributed by atoms with Crippen molar-refractivity contribution in [1.82, 2.24) is 0 Å². The molecule has 0 bridgehead atoms. The minimum atomic E-state index is -0.345. The Kier molecular flexibility index (Phi) is 2.82. The normalized spacial score (nSPS) is 11.1. The van der Waals surface area contributed by atoms with Gasteiger partial charge in [-0.05, 0) is 30.7 Å². The highest BCUT2D eigenvalue weighted by Gasteiger charge is 2.15. The maximum Gasteiger partial charge on any atom is 0.344 e. The molecule has 0 saturated heterocycles. The van der Waals surface area contributed by atoms with E-state index in [0.29, 0.717) is 16.7 Å². The highest BCUT2D eigenvalue weighted by atomic mass is 79.9. The second-order valence-electron chi connectivity index (χ2n) is 4.34. The van der Waals surface area contributed by atoms with Crippen LogP contribution in [0.4, 0.5) is 0 Å². The largest absolute Gasteiger partial charge is 0.493 e. The second kappa shape index (κ2) is 4.38. The highest BCUT2D eigenvalue weighted by Crippen LogP contribution is 2.36. The third-order valence-electron chi connectivity index (χ3n) is 3.23. The first kappa shape index (κ1) is 12.2. The van der Waals surface area contributed by atoms with Crippen LogP contribution >= 0.6 is 15.9 Å². The number of benzene rings is 2. The number of aryl methyl sites for hydroxylation is 1. The van der Waals surface area contributed by atoms with E-state index in [1.54, 1.807) is 19.2 Å². The molecule has 0 aliphatic rings. The summed E-state index contributed by atoms with van der Waals surface area (Å²) in [7, 11) is 1.56. The molecule has 96 valence electrons. The lowest BCUT2D eigenvalue weighted by Crippen LogP contribution is -2.02. The predicted octanol–water partition coefficient (Wildman–Crippen LogP) is 4.03. The van der Waals surface area contributed by atoms with Crippen molar-refractivity contribution in [2.75, 3.05) is 7.11 Å². The van der Waals surface area contributed by atoms with E-state index in [9.17, 15) is 4.79 Å². The van der Waals surface area contributed by atoms with E-state index in [1.165, 1.54) is 0 Å². The zero-order chi connectivity index (χ0) is 13.6. The van der Waals surface area contributed by atoms with Crippen molar-refractivity contribution in [3.05, 3.63) is 50.8 Å². The fourth-order valence-electron chi connectivity index (χ4n) is 2.35. The van der Waals surface area contributed by atoms with Crippen LogP contribution in [-0.4, -0.2) is 7.11 Å². The molecule has 1 heterocycles. The van der Waals surface area contributed by atoms with Gasteiger partial charge in [0.15, 0.2) is 11.3 Å². The SMILES string of the molecule is COc1ccc(Br)c2c1oc(=O)c1cccc(C)c12. The summed E-state index contributed by atoms with van der Waals surface area (Å²) >= 11 is 3.52. The van der Waals surface area contributed by atoms with Gasteiger partial charge >= 0.3 is 5.63 Å². The molecule has 3 aromatic rings. The van der Waals surface area contributed by atoms with Gasteiger partial charge in [0.1, 0.15) is 0 Å². The van der Waals surface area contributed by atoms with Crippen molar-refractivity contribution in [2.45, 2.75) is 6.92 Å². The summed E-state index contributed by atoms with van der Waals surface area (Å²) in [5, 5.41) is 2.35. The van der Waals surface area contributed by atoms with Gasteiger partial charge < -0.3 is 9.15 Å². The number of methoxy groups -OCH3 is 1. The number of ether oxygens (including phenoxy) is 1. The number of fused-ring (bicyclic) bond motifs is 3. The van der Waals surface area contributed by atoms with Crippen molar-refractivity contribution in [3.8, 4) is 5.75 Å². The van der Waals surface area contributed by atoms with Gasteiger partial charge in [0, 0.05) is 15.2 Å². The van der Waals surface area contributed by atoms with E-state index in [4.69, 9.17) is 9.15 Å². The molecule has 0 fully saturated rings. The van der Waals surface area contributed by atoms with Crippen molar-refractivity contribution in [3.63, 3.8) is 0 Å². The Bertz CT molecular complexity index is 849. The van der Waals surface area contributed by atoms with Gasteiger partial charge in [0.25, 0.3) is 0 Å². The zero-order valence-electron chi connectivity index (χ0n) is 10.5. The van der Waals surface area contributed by atoms with Gasteiger partial charge in [-0.1, -0.05) is 28.1 Å². The molecule has 1 aromatic heterocycles. The smallest absolute Gasteiger partial charge is 0.344 e. The Morgan fingerprint density at radius 3 is 2.68 bits per heavy atom. The molecule has 0 radical (unpaired) electrons. The molecule has 0 spiro atoms. The van der Waals surface area contributed by atoms with Gasteiger partial charge in [0.05, 0.1) is 12.5 Å². The molecule has 2 aromatic carbocycles. The summed E-state index contributed by atoms with van der Waals surface area (Å²) in [5.41, 5.74) is 1.16. The molecule has 19 heavy (non-hydrogen) atoms. The quantitative estimate of drug-likeness (QED) is 0.502. The first-order valence-corrected chi connectivity index (χ1v) is 6.61. The van der Waals surface area contributed by atoms with E-state index >= 15 is 0 Å². The van der Waals surface area contributed by atoms with Crippen LogP contribution in [-0.2, 0) is 0 Å². The molecule has 0 saturated carbocycles. The van der Waals surface area contributed by atoms with Crippen LogP contribution in [0, 0.1) is 6.92 Å². The van der Waals surface area contributed by atoms with Crippen molar-refractivity contribution < 1.29 is 9.15 Å². The van der Waals surface area contributed by atoms with Gasteiger partial charge in [-0.25, -0.2) is 4.79 Å². The Morgan fingerprint density at radius 2 is 1.95 bits per heavy atom. The highest BCUT2D eigenvalue weighted by molar-refractivity contribution is 9.10. The van der Waals surface area contributed by atoms with Crippen molar-refractivity contribution in [2.24, 2.45) is 0 Å². The molecule has 0 N–H and O–H groups in total. The monoisotopic (exact) mass is 318 g/mol. The molecule has 3 nitrogen and oxygen atoms in total. The third kappa shape index (κ3) is 1.75. The van der Waals surface area contributed by atoms with Gasteiger partial charge in [-0.3, -0.25) is 0 Å². The van der Waals surface area contributed by atoms with Crippen LogP contribution in [0.5, 0.6) is 5.75 Å². The van der Waals surface area contributed by atoms with Crippen LogP contribution in [0.3, 0.4) is 0 Å². The number of rotatable bonds is 1. The molecule has 0 aliphatic carbocycles. The Balaban J connectivity index is 2.71. The summed E-state index contributed by atoms with van der Waals surface area (Å²) in [6, 6.07) is 9.29. The van der Waals surface area contributed by atoms with E-state index in [2.05, 4.69) is 15.9 Å². The standard InChI is InChI=1S/C15H11BrO3/c1-8-4-3-5-9-12(8)13-10(16)6-7-11(18-2)14(13)19-15(9)17/h3-7H,1-2H3. The van der Waals surface area contributed by atoms with Gasteiger partial charge in [0.2, 0.25) is 0 Å². The molecule has 0 amide bonds. The van der Waals surface area contributed by atoms with E-state index in [1.807, 2.05) is 25.1 Å². The van der Waals surface area contributed by atoms with Gasteiger partial charge in [-0.2, -0.15) is 0 Å². The van der Waals surface area contributed by atoms with E-state index < -0.39 is 0 Å². The minimum absolute atomic E-state index is 0.345. The Labute approximate surface area is 117 Å². The zero-order valence-corrected chi connectivity index (χ0v) is 12.1. The average Bonchev–Trinajstić information content (AvgIpc) is 2.40. The first-order valence-electron chi connectivity index (χ1n) is 5.82. The van der Waals surface area contributed by atoms with Crippen LogP contribution in [0.15, 0.2) is 44.0 Å². The maximum atomic E-state index is 12.1. The van der Waals surface area contributed by atoms with E-state index in [-0.39, 0.29) is 5.63 Å². The van der Waals surface area contributed by atoms with Crippen LogP contribution in [0.25, 0.3) is 21.7 Å². The van der Waals surface area contributed by atoms with Crippen molar-refractivity contribution >= 4 is 37.7 Å². The Hall–Kier alpha value is -1.81. The lowest BCUT2D eigenvalue weighted by Gasteiger charge is -2.09. The van der Waals surface area contributed by atoms with Crippen LogP contribution in [0.2, 0.25) is 0 Å².